The predicted molar refractivity (Wildman–Crippen MR) is 123 cm³/mol. The number of nitrogens with zero attached hydrogens (tertiary/aromatic N) is 2. The summed E-state index contributed by atoms with van der Waals surface area (Å²) < 4.78 is 27.9. The van der Waals surface area contributed by atoms with E-state index in [1.807, 2.05) is 6.92 Å². The molecule has 0 aromatic heterocycles. The van der Waals surface area contributed by atoms with Gasteiger partial charge in [0, 0.05) is 5.02 Å². The van der Waals surface area contributed by atoms with E-state index in [4.69, 9.17) is 23.2 Å². The maximum absolute atomic E-state index is 13.5. The Morgan fingerprint density at radius 1 is 1.12 bits per heavy atom. The molecule has 32 heavy (non-hydrogen) atoms. The number of imide groups is 1. The summed E-state index contributed by atoms with van der Waals surface area (Å²) in [6.45, 7) is 4.05. The maximum atomic E-state index is 13.5. The van der Waals surface area contributed by atoms with Crippen molar-refractivity contribution in [2.75, 3.05) is 17.4 Å². The van der Waals surface area contributed by atoms with Crippen molar-refractivity contribution in [2.45, 2.75) is 37.3 Å². The van der Waals surface area contributed by atoms with Gasteiger partial charge in [-0.25, -0.2) is 13.2 Å². The van der Waals surface area contributed by atoms with Crippen LogP contribution in [0, 0.1) is 6.92 Å². The zero-order valence-electron chi connectivity index (χ0n) is 17.7. The number of anilines is 1. The molecule has 1 fully saturated rings. The van der Waals surface area contributed by atoms with E-state index in [1.165, 1.54) is 30.3 Å². The Bertz CT molecular complexity index is 1150. The Balaban J connectivity index is 1.96. The van der Waals surface area contributed by atoms with E-state index in [-0.39, 0.29) is 20.6 Å². The van der Waals surface area contributed by atoms with Gasteiger partial charge in [-0.2, -0.15) is 0 Å². The second-order valence-corrected chi connectivity index (χ2v) is 10.8. The van der Waals surface area contributed by atoms with Gasteiger partial charge in [-0.3, -0.25) is 14.0 Å². The van der Waals surface area contributed by atoms with Gasteiger partial charge in [0.25, 0.3) is 15.9 Å². The summed E-state index contributed by atoms with van der Waals surface area (Å²) in [5.41, 5.74) is -0.172. The average Bonchev–Trinajstić information content (AvgIpc) is 2.90. The molecule has 0 bridgehead atoms. The van der Waals surface area contributed by atoms with Crippen molar-refractivity contribution in [3.63, 3.8) is 0 Å². The number of sulfonamides is 1. The highest BCUT2D eigenvalue weighted by Gasteiger charge is 2.45. The van der Waals surface area contributed by atoms with E-state index in [2.05, 4.69) is 5.32 Å². The Kier molecular flexibility index (Phi) is 6.76. The number of carbonyl (C=O) groups excluding carboxylic acids is 2. The first-order chi connectivity index (χ1) is 14.8. The number of nitrogens with one attached hydrogen (secondary N) is 1. The summed E-state index contributed by atoms with van der Waals surface area (Å²) in [6, 6.07) is 9.86. The van der Waals surface area contributed by atoms with Crippen LogP contribution in [0.4, 0.5) is 10.5 Å². The van der Waals surface area contributed by atoms with Crippen molar-refractivity contribution >= 4 is 50.9 Å². The van der Waals surface area contributed by atoms with Crippen LogP contribution in [0.5, 0.6) is 0 Å². The van der Waals surface area contributed by atoms with Gasteiger partial charge < -0.3 is 10.4 Å². The number of hydrogen-bond donors (Lipinski definition) is 2. The van der Waals surface area contributed by atoms with Gasteiger partial charge in [-0.05, 0) is 51.1 Å². The van der Waals surface area contributed by atoms with Gasteiger partial charge in [0.2, 0.25) is 0 Å². The molecule has 3 amide bonds. The molecule has 1 aliphatic heterocycles. The van der Waals surface area contributed by atoms with Crippen molar-refractivity contribution in [1.82, 2.24) is 10.2 Å². The lowest BCUT2D eigenvalue weighted by Gasteiger charge is -2.29. The summed E-state index contributed by atoms with van der Waals surface area (Å²) >= 11 is 12.3. The van der Waals surface area contributed by atoms with Gasteiger partial charge in [0.05, 0.1) is 34.8 Å². The Morgan fingerprint density at radius 3 is 2.31 bits per heavy atom. The van der Waals surface area contributed by atoms with Crippen molar-refractivity contribution in [3.05, 3.63) is 58.1 Å². The first-order valence-electron chi connectivity index (χ1n) is 9.69. The molecule has 2 N–H and O–H groups in total. The molecule has 11 heteroatoms. The zero-order valence-corrected chi connectivity index (χ0v) is 20.0. The summed E-state index contributed by atoms with van der Waals surface area (Å²) in [5.74, 6) is -0.518. The molecule has 1 saturated heterocycles. The number of halogens is 2. The summed E-state index contributed by atoms with van der Waals surface area (Å²) in [7, 11) is -4.16. The molecule has 1 unspecified atom stereocenters. The molecule has 0 spiro atoms. The fourth-order valence-electron chi connectivity index (χ4n) is 3.28. The number of aliphatic hydroxyl groups excluding tert-OH is 1. The fraction of sp³-hybridized carbons (Fsp3) is 0.333. The highest BCUT2D eigenvalue weighted by molar-refractivity contribution is 7.92. The smallest absolute Gasteiger partial charge is 0.325 e. The summed E-state index contributed by atoms with van der Waals surface area (Å²) in [6.07, 6.45) is -1.39. The van der Waals surface area contributed by atoms with Gasteiger partial charge in [0.1, 0.15) is 5.54 Å². The van der Waals surface area contributed by atoms with Crippen LogP contribution in [0.3, 0.4) is 0 Å². The van der Waals surface area contributed by atoms with Crippen LogP contribution in [0.15, 0.2) is 47.4 Å². The number of carbonyl (C=O) groups is 2. The number of aliphatic hydroxyl groups is 1. The van der Waals surface area contributed by atoms with Gasteiger partial charge >= 0.3 is 6.03 Å². The SMILES string of the molecule is Cc1ccc(S(=O)(=O)N(CC(O)CN2C(=O)NC(C)(C)C2=O)c2cc(Cl)ccc2Cl)cc1. The van der Waals surface area contributed by atoms with E-state index in [0.717, 1.165) is 14.8 Å². The van der Waals surface area contributed by atoms with E-state index in [0.29, 0.717) is 0 Å². The lowest BCUT2D eigenvalue weighted by Crippen LogP contribution is -2.45. The van der Waals surface area contributed by atoms with E-state index in [9.17, 15) is 23.1 Å². The van der Waals surface area contributed by atoms with Gasteiger partial charge in [-0.1, -0.05) is 40.9 Å². The number of rotatable bonds is 7. The van der Waals surface area contributed by atoms with E-state index < -0.39 is 46.7 Å². The molecule has 0 radical (unpaired) electrons. The predicted octanol–water partition coefficient (Wildman–Crippen LogP) is 3.19. The van der Waals surface area contributed by atoms with Crippen LogP contribution in [-0.4, -0.2) is 55.1 Å². The molecule has 0 saturated carbocycles. The number of β-amino-alcohol motifs (C(OH)–C–C–N with tert-alkyl or cyclic N) is 1. The molecule has 2 aromatic carbocycles. The lowest BCUT2D eigenvalue weighted by atomic mass is 10.1. The number of aryl methyl sites for hydroxylation is 1. The molecular weight excluding hydrogens is 477 g/mol. The first kappa shape index (κ1) is 24.3. The van der Waals surface area contributed by atoms with E-state index >= 15 is 0 Å². The van der Waals surface area contributed by atoms with Gasteiger partial charge in [-0.15, -0.1) is 0 Å². The standard InChI is InChI=1S/C21H23Cl2N3O5S/c1-13-4-7-16(8-5-13)32(30,31)26(18-10-14(22)6-9-17(18)23)12-15(27)11-25-19(28)21(2,3)24-20(25)29/h4-10,15,27H,11-12H2,1-3H3,(H,24,29). The zero-order chi connectivity index (χ0) is 23.8. The third-order valence-electron chi connectivity index (χ3n) is 5.00. The maximum Gasteiger partial charge on any atom is 0.325 e. The minimum absolute atomic E-state index is 0.0116. The van der Waals surface area contributed by atoms with Crippen molar-refractivity contribution in [1.29, 1.82) is 0 Å². The van der Waals surface area contributed by atoms with Crippen LogP contribution >= 0.6 is 23.2 Å². The molecule has 2 aromatic rings. The number of urea groups is 1. The van der Waals surface area contributed by atoms with Crippen molar-refractivity contribution in [3.8, 4) is 0 Å². The Labute approximate surface area is 196 Å². The summed E-state index contributed by atoms with van der Waals surface area (Å²) in [5, 5.41) is 13.6. The minimum Gasteiger partial charge on any atom is -0.389 e. The Morgan fingerprint density at radius 2 is 1.75 bits per heavy atom. The van der Waals surface area contributed by atoms with E-state index in [1.54, 1.807) is 26.0 Å². The second-order valence-electron chi connectivity index (χ2n) is 8.07. The van der Waals surface area contributed by atoms with Crippen LogP contribution in [0.25, 0.3) is 0 Å². The average molecular weight is 500 g/mol. The normalized spacial score (nSPS) is 16.8. The summed E-state index contributed by atoms with van der Waals surface area (Å²) in [4.78, 5) is 25.4. The van der Waals surface area contributed by atoms with Gasteiger partial charge in [0.15, 0.2) is 0 Å². The molecule has 3 rings (SSSR count). The quantitative estimate of drug-likeness (QED) is 0.568. The lowest BCUT2D eigenvalue weighted by molar-refractivity contribution is -0.131. The highest BCUT2D eigenvalue weighted by atomic mass is 35.5. The molecule has 1 atom stereocenters. The number of amides is 3. The first-order valence-corrected chi connectivity index (χ1v) is 11.9. The largest absolute Gasteiger partial charge is 0.389 e. The third kappa shape index (κ3) is 4.85. The monoisotopic (exact) mass is 499 g/mol. The molecule has 1 heterocycles. The molecule has 8 nitrogen and oxygen atoms in total. The molecule has 0 aliphatic carbocycles. The molecule has 1 aliphatic rings. The van der Waals surface area contributed by atoms with Crippen LogP contribution < -0.4 is 9.62 Å². The molecular formula is C21H23Cl2N3O5S. The third-order valence-corrected chi connectivity index (χ3v) is 7.35. The highest BCUT2D eigenvalue weighted by Crippen LogP contribution is 2.33. The van der Waals surface area contributed by atoms with Crippen LogP contribution in [0.1, 0.15) is 19.4 Å². The topological polar surface area (TPSA) is 107 Å². The second kappa shape index (κ2) is 8.90. The number of hydrogen-bond acceptors (Lipinski definition) is 5. The van der Waals surface area contributed by atoms with Crippen molar-refractivity contribution in [2.24, 2.45) is 0 Å². The Hall–Kier alpha value is -2.33. The molecule has 172 valence electrons. The van der Waals surface area contributed by atoms with Crippen molar-refractivity contribution < 1.29 is 23.1 Å². The fourth-order valence-corrected chi connectivity index (χ4v) is 5.23. The minimum atomic E-state index is -4.16. The van der Waals surface area contributed by atoms with Crippen LogP contribution in [0.2, 0.25) is 10.0 Å². The number of benzene rings is 2. The van der Waals surface area contributed by atoms with Crippen LogP contribution in [-0.2, 0) is 14.8 Å².